The summed E-state index contributed by atoms with van der Waals surface area (Å²) < 4.78 is 36.6. The Bertz CT molecular complexity index is 1320. The number of sulfone groups is 1. The lowest BCUT2D eigenvalue weighted by molar-refractivity contribution is 0.0673. The lowest BCUT2D eigenvalue weighted by Crippen LogP contribution is -2.37. The molecule has 1 amide bonds. The predicted octanol–water partition coefficient (Wildman–Crippen LogP) is 4.41. The lowest BCUT2D eigenvalue weighted by Gasteiger charge is -2.29. The van der Waals surface area contributed by atoms with Gasteiger partial charge < -0.3 is 13.7 Å². The number of benzene rings is 2. The molecule has 1 saturated heterocycles. The molecule has 164 valence electrons. The number of piperidine rings is 1. The molecule has 0 aliphatic carbocycles. The second-order valence-electron chi connectivity index (χ2n) is 7.92. The summed E-state index contributed by atoms with van der Waals surface area (Å²) in [7, 11) is -3.54. The van der Waals surface area contributed by atoms with Gasteiger partial charge in [0.15, 0.2) is 27.1 Å². The van der Waals surface area contributed by atoms with Crippen LogP contribution in [-0.4, -0.2) is 37.3 Å². The molecular formula is C24H22N2O5S. The van der Waals surface area contributed by atoms with E-state index in [2.05, 4.69) is 4.98 Å². The molecule has 0 saturated carbocycles. The number of nitrogens with zero attached hydrogens (tertiary/aromatic N) is 2. The average molecular weight is 451 g/mol. The molecule has 1 aliphatic heterocycles. The summed E-state index contributed by atoms with van der Waals surface area (Å²) in [5.41, 5.74) is 1.61. The smallest absolute Gasteiger partial charge is 0.289 e. The van der Waals surface area contributed by atoms with Crippen molar-refractivity contribution >= 4 is 26.8 Å². The maximum atomic E-state index is 12.9. The van der Waals surface area contributed by atoms with Crippen LogP contribution in [0.2, 0.25) is 0 Å². The van der Waals surface area contributed by atoms with E-state index >= 15 is 0 Å². The number of para-hydroxylation sites is 2. The van der Waals surface area contributed by atoms with E-state index in [0.29, 0.717) is 19.0 Å². The van der Waals surface area contributed by atoms with Crippen molar-refractivity contribution in [1.29, 1.82) is 0 Å². The van der Waals surface area contributed by atoms with Gasteiger partial charge in [0.2, 0.25) is 0 Å². The number of carbonyl (C=O) groups excluding carboxylic acids is 1. The van der Waals surface area contributed by atoms with Gasteiger partial charge in [-0.1, -0.05) is 30.3 Å². The molecular weight excluding hydrogens is 428 g/mol. The summed E-state index contributed by atoms with van der Waals surface area (Å²) >= 11 is 0. The summed E-state index contributed by atoms with van der Waals surface area (Å²) in [6.07, 6.45) is 1.49. The Balaban J connectivity index is 1.23. The zero-order valence-corrected chi connectivity index (χ0v) is 18.1. The van der Waals surface area contributed by atoms with Crippen molar-refractivity contribution in [2.75, 3.05) is 13.1 Å². The fraction of sp³-hybridized carbons (Fsp3) is 0.250. The number of fused-ring (bicyclic) bond motifs is 1. The highest BCUT2D eigenvalue weighted by atomic mass is 32.2. The zero-order chi connectivity index (χ0) is 22.1. The van der Waals surface area contributed by atoms with Crippen LogP contribution < -0.4 is 0 Å². The predicted molar refractivity (Wildman–Crippen MR) is 118 cm³/mol. The van der Waals surface area contributed by atoms with Crippen LogP contribution in [0.5, 0.6) is 0 Å². The zero-order valence-electron chi connectivity index (χ0n) is 17.3. The first-order chi connectivity index (χ1) is 15.5. The first-order valence-corrected chi connectivity index (χ1v) is 12.2. The Labute approximate surface area is 185 Å². The van der Waals surface area contributed by atoms with Crippen LogP contribution in [0, 0.1) is 0 Å². The Morgan fingerprint density at radius 1 is 0.938 bits per heavy atom. The molecule has 0 bridgehead atoms. The summed E-state index contributed by atoms with van der Waals surface area (Å²) in [5, 5.41) is 0. The molecule has 0 unspecified atom stereocenters. The topological polar surface area (TPSA) is 93.6 Å². The summed E-state index contributed by atoms with van der Waals surface area (Å²) in [6, 6.07) is 19.0. The van der Waals surface area contributed by atoms with Gasteiger partial charge in [0.05, 0.1) is 4.90 Å². The van der Waals surface area contributed by atoms with Gasteiger partial charge in [-0.15, -0.1) is 0 Å². The van der Waals surface area contributed by atoms with Crippen LogP contribution in [0.15, 0.2) is 80.5 Å². The molecule has 0 N–H and O–H groups in total. The van der Waals surface area contributed by atoms with Gasteiger partial charge in [-0.25, -0.2) is 13.4 Å². The fourth-order valence-corrected chi connectivity index (χ4v) is 5.29. The van der Waals surface area contributed by atoms with Crippen LogP contribution >= 0.6 is 0 Å². The highest BCUT2D eigenvalue weighted by Crippen LogP contribution is 2.30. The van der Waals surface area contributed by atoms with Crippen molar-refractivity contribution < 1.29 is 22.0 Å². The summed E-state index contributed by atoms with van der Waals surface area (Å²) in [5.74, 6) is 0.759. The minimum Gasteiger partial charge on any atom is -0.455 e. The number of oxazole rings is 1. The third-order valence-corrected chi connectivity index (χ3v) is 7.40. The molecule has 1 aliphatic rings. The highest BCUT2D eigenvalue weighted by Gasteiger charge is 2.29. The van der Waals surface area contributed by atoms with Crippen LogP contribution in [0.25, 0.3) is 11.1 Å². The number of furan rings is 1. The van der Waals surface area contributed by atoms with Crippen molar-refractivity contribution in [2.45, 2.75) is 29.4 Å². The SMILES string of the molecule is O=C(c1ccc(CS(=O)(=O)c2ccccc2)o1)N1CCC(c2nc3ccccc3o2)CC1. The largest absolute Gasteiger partial charge is 0.455 e. The normalized spacial score (nSPS) is 15.3. The van der Waals surface area contributed by atoms with Gasteiger partial charge in [0, 0.05) is 19.0 Å². The van der Waals surface area contributed by atoms with E-state index in [1.807, 2.05) is 24.3 Å². The number of likely N-dealkylation sites (tertiary alicyclic amines) is 1. The maximum Gasteiger partial charge on any atom is 0.289 e. The van der Waals surface area contributed by atoms with Crippen molar-refractivity contribution in [3.05, 3.63) is 84.1 Å². The van der Waals surface area contributed by atoms with Gasteiger partial charge in [-0.05, 0) is 49.2 Å². The number of carbonyl (C=O) groups is 1. The van der Waals surface area contributed by atoms with E-state index in [-0.39, 0.29) is 34.0 Å². The first kappa shape index (κ1) is 20.5. The maximum absolute atomic E-state index is 12.9. The minimum atomic E-state index is -3.54. The Morgan fingerprint density at radius 2 is 1.66 bits per heavy atom. The number of hydrogen-bond donors (Lipinski definition) is 0. The van der Waals surface area contributed by atoms with E-state index < -0.39 is 9.84 Å². The van der Waals surface area contributed by atoms with Crippen LogP contribution in [0.1, 0.15) is 41.0 Å². The monoisotopic (exact) mass is 450 g/mol. The summed E-state index contributed by atoms with van der Waals surface area (Å²) in [6.45, 7) is 1.11. The molecule has 2 aromatic heterocycles. The number of hydrogen-bond acceptors (Lipinski definition) is 6. The third kappa shape index (κ3) is 4.05. The van der Waals surface area contributed by atoms with Gasteiger partial charge >= 0.3 is 0 Å². The standard InChI is InChI=1S/C24H22N2O5S/c27-24(22-11-10-18(30-22)16-32(28,29)19-6-2-1-3-7-19)26-14-12-17(13-15-26)23-25-20-8-4-5-9-21(20)31-23/h1-11,17H,12-16H2. The summed E-state index contributed by atoms with van der Waals surface area (Å²) in [4.78, 5) is 19.4. The van der Waals surface area contributed by atoms with E-state index in [0.717, 1.165) is 23.9 Å². The Hall–Kier alpha value is -3.39. The van der Waals surface area contributed by atoms with Crippen LogP contribution in [0.3, 0.4) is 0 Å². The van der Waals surface area contributed by atoms with Gasteiger partial charge in [-0.3, -0.25) is 4.79 Å². The van der Waals surface area contributed by atoms with Crippen molar-refractivity contribution in [3.8, 4) is 0 Å². The molecule has 2 aromatic carbocycles. The third-order valence-electron chi connectivity index (χ3n) is 5.75. The van der Waals surface area contributed by atoms with E-state index in [9.17, 15) is 13.2 Å². The van der Waals surface area contributed by atoms with Crippen molar-refractivity contribution in [3.63, 3.8) is 0 Å². The number of amides is 1. The van der Waals surface area contributed by atoms with Crippen LogP contribution in [-0.2, 0) is 15.6 Å². The van der Waals surface area contributed by atoms with Gasteiger partial charge in [-0.2, -0.15) is 0 Å². The molecule has 7 nitrogen and oxygen atoms in total. The minimum absolute atomic E-state index is 0.156. The second kappa shape index (κ2) is 8.27. The molecule has 1 fully saturated rings. The molecule has 3 heterocycles. The van der Waals surface area contributed by atoms with Crippen LogP contribution in [0.4, 0.5) is 0 Å². The fourth-order valence-electron chi connectivity index (χ4n) is 4.02. The molecule has 5 rings (SSSR count). The second-order valence-corrected chi connectivity index (χ2v) is 9.91. The van der Waals surface area contributed by atoms with Crippen molar-refractivity contribution in [2.24, 2.45) is 0 Å². The number of aromatic nitrogens is 1. The Kier molecular flexibility index (Phi) is 5.30. The Morgan fingerprint density at radius 3 is 2.41 bits per heavy atom. The van der Waals surface area contributed by atoms with Gasteiger partial charge in [0.1, 0.15) is 17.0 Å². The van der Waals surface area contributed by atoms with E-state index in [1.54, 1.807) is 47.4 Å². The quantitative estimate of drug-likeness (QED) is 0.447. The molecule has 0 atom stereocenters. The van der Waals surface area contributed by atoms with Crippen molar-refractivity contribution in [1.82, 2.24) is 9.88 Å². The van der Waals surface area contributed by atoms with Gasteiger partial charge in [0.25, 0.3) is 5.91 Å². The molecule has 0 spiro atoms. The number of rotatable bonds is 5. The highest BCUT2D eigenvalue weighted by molar-refractivity contribution is 7.90. The molecule has 8 heteroatoms. The average Bonchev–Trinajstić information content (AvgIpc) is 3.46. The molecule has 4 aromatic rings. The van der Waals surface area contributed by atoms with E-state index in [1.165, 1.54) is 0 Å². The molecule has 32 heavy (non-hydrogen) atoms. The molecule has 0 radical (unpaired) electrons. The first-order valence-electron chi connectivity index (χ1n) is 10.5. The van der Waals surface area contributed by atoms with E-state index in [4.69, 9.17) is 8.83 Å². The lowest BCUT2D eigenvalue weighted by atomic mass is 9.96.